The Labute approximate surface area is 104 Å². The molecule has 1 heterocycles. The van der Waals surface area contributed by atoms with Crippen molar-refractivity contribution in [3.8, 4) is 0 Å². The van der Waals surface area contributed by atoms with Crippen molar-refractivity contribution >= 4 is 16.7 Å². The van der Waals surface area contributed by atoms with Crippen LogP contribution in [0.2, 0.25) is 0 Å². The molecule has 4 heteroatoms. The zero-order chi connectivity index (χ0) is 12.1. The zero-order valence-electron chi connectivity index (χ0n) is 9.72. The van der Waals surface area contributed by atoms with Gasteiger partial charge in [-0.3, -0.25) is 9.00 Å². The molecule has 1 saturated heterocycles. The van der Waals surface area contributed by atoms with Crippen molar-refractivity contribution in [3.05, 3.63) is 35.9 Å². The lowest BCUT2D eigenvalue weighted by Crippen LogP contribution is -2.36. The van der Waals surface area contributed by atoms with E-state index in [1.54, 1.807) is 0 Å². The number of carbonyl (C=O) groups excluding carboxylic acids is 1. The average Bonchev–Trinajstić information content (AvgIpc) is 2.55. The third-order valence-corrected chi connectivity index (χ3v) is 4.66. The number of benzene rings is 1. The maximum atomic E-state index is 12.2. The van der Waals surface area contributed by atoms with E-state index in [0.717, 1.165) is 31.4 Å². The van der Waals surface area contributed by atoms with Gasteiger partial charge in [-0.2, -0.15) is 0 Å². The molecule has 2 atom stereocenters. The second kappa shape index (κ2) is 5.96. The molecule has 1 amide bonds. The van der Waals surface area contributed by atoms with Gasteiger partial charge in [0, 0.05) is 23.1 Å². The highest BCUT2D eigenvalue weighted by Crippen LogP contribution is 2.15. The molecule has 1 fully saturated rings. The van der Waals surface area contributed by atoms with Crippen molar-refractivity contribution in [3.63, 3.8) is 0 Å². The van der Waals surface area contributed by atoms with Gasteiger partial charge in [0.2, 0.25) is 5.91 Å². The van der Waals surface area contributed by atoms with Gasteiger partial charge in [0.25, 0.3) is 0 Å². The van der Waals surface area contributed by atoms with Crippen molar-refractivity contribution in [1.29, 1.82) is 0 Å². The summed E-state index contributed by atoms with van der Waals surface area (Å²) in [4.78, 5) is 11.7. The molecule has 3 nitrogen and oxygen atoms in total. The minimum absolute atomic E-state index is 0.0447. The molecule has 1 aromatic rings. The summed E-state index contributed by atoms with van der Waals surface area (Å²) < 4.78 is 12.2. The standard InChI is InChI=1S/C13H17NO2S/c15-13-12(8-4-5-9-14-13)17(16)10-11-6-2-1-3-7-11/h1-3,6-7,12H,4-5,8-10H2,(H,14,15). The lowest BCUT2D eigenvalue weighted by atomic mass is 10.2. The quantitative estimate of drug-likeness (QED) is 0.887. The summed E-state index contributed by atoms with van der Waals surface area (Å²) in [7, 11) is -1.11. The van der Waals surface area contributed by atoms with Crippen LogP contribution in [-0.2, 0) is 21.3 Å². The van der Waals surface area contributed by atoms with Crippen LogP contribution in [0.1, 0.15) is 24.8 Å². The zero-order valence-corrected chi connectivity index (χ0v) is 10.5. The number of rotatable bonds is 3. The molecule has 17 heavy (non-hydrogen) atoms. The first-order chi connectivity index (χ1) is 8.27. The molecule has 0 bridgehead atoms. The number of nitrogens with one attached hydrogen (secondary N) is 1. The molecule has 0 spiro atoms. The Morgan fingerprint density at radius 2 is 2.00 bits per heavy atom. The lowest BCUT2D eigenvalue weighted by molar-refractivity contribution is -0.120. The Morgan fingerprint density at radius 3 is 2.76 bits per heavy atom. The Balaban J connectivity index is 2.01. The summed E-state index contributed by atoms with van der Waals surface area (Å²) in [6.45, 7) is 0.720. The molecular formula is C13H17NO2S. The van der Waals surface area contributed by atoms with Gasteiger partial charge in [0.15, 0.2) is 0 Å². The van der Waals surface area contributed by atoms with Crippen LogP contribution in [0.5, 0.6) is 0 Å². The van der Waals surface area contributed by atoms with E-state index in [0.29, 0.717) is 5.75 Å². The Hall–Kier alpha value is -1.16. The van der Waals surface area contributed by atoms with E-state index in [9.17, 15) is 9.00 Å². The molecule has 1 aliphatic rings. The topological polar surface area (TPSA) is 46.2 Å². The van der Waals surface area contributed by atoms with Crippen molar-refractivity contribution in [1.82, 2.24) is 5.32 Å². The van der Waals surface area contributed by atoms with Crippen LogP contribution in [0.4, 0.5) is 0 Å². The summed E-state index contributed by atoms with van der Waals surface area (Å²) in [6, 6.07) is 9.70. The SMILES string of the molecule is O=C1NCCCCC1S(=O)Cc1ccccc1. The molecular weight excluding hydrogens is 234 g/mol. The first kappa shape index (κ1) is 12.3. The van der Waals surface area contributed by atoms with E-state index >= 15 is 0 Å². The van der Waals surface area contributed by atoms with Gasteiger partial charge in [-0.25, -0.2) is 0 Å². The predicted octanol–water partition coefficient (Wildman–Crippen LogP) is 1.60. The Morgan fingerprint density at radius 1 is 1.24 bits per heavy atom. The monoisotopic (exact) mass is 251 g/mol. The van der Waals surface area contributed by atoms with Gasteiger partial charge < -0.3 is 5.32 Å². The first-order valence-corrected chi connectivity index (χ1v) is 7.34. The van der Waals surface area contributed by atoms with Crippen LogP contribution in [0, 0.1) is 0 Å². The third-order valence-electron chi connectivity index (χ3n) is 2.95. The largest absolute Gasteiger partial charge is 0.355 e. The summed E-state index contributed by atoms with van der Waals surface area (Å²) in [6.07, 6.45) is 2.71. The maximum absolute atomic E-state index is 12.2. The van der Waals surface area contributed by atoms with Crippen LogP contribution in [-0.4, -0.2) is 21.9 Å². The smallest absolute Gasteiger partial charge is 0.235 e. The number of hydrogen-bond donors (Lipinski definition) is 1. The average molecular weight is 251 g/mol. The fourth-order valence-electron chi connectivity index (χ4n) is 2.00. The molecule has 1 N–H and O–H groups in total. The molecule has 0 aliphatic carbocycles. The number of carbonyl (C=O) groups is 1. The van der Waals surface area contributed by atoms with Crippen molar-refractivity contribution in [2.75, 3.05) is 6.54 Å². The lowest BCUT2D eigenvalue weighted by Gasteiger charge is -2.12. The highest BCUT2D eigenvalue weighted by molar-refractivity contribution is 7.85. The molecule has 2 rings (SSSR count). The van der Waals surface area contributed by atoms with Crippen LogP contribution < -0.4 is 5.32 Å². The Kier molecular flexibility index (Phi) is 4.31. The fraction of sp³-hybridized carbons (Fsp3) is 0.462. The summed E-state index contributed by atoms with van der Waals surface area (Å²) >= 11 is 0. The van der Waals surface area contributed by atoms with Gasteiger partial charge in [-0.05, 0) is 24.8 Å². The molecule has 1 aromatic carbocycles. The summed E-state index contributed by atoms with van der Waals surface area (Å²) in [5.41, 5.74) is 1.03. The van der Waals surface area contributed by atoms with E-state index < -0.39 is 10.8 Å². The molecule has 1 aliphatic heterocycles. The second-order valence-electron chi connectivity index (χ2n) is 4.29. The molecule has 0 aromatic heterocycles. The number of amides is 1. The minimum atomic E-state index is -1.11. The van der Waals surface area contributed by atoms with Gasteiger partial charge in [0.05, 0.1) is 0 Å². The fourth-order valence-corrected chi connectivity index (χ4v) is 3.48. The van der Waals surface area contributed by atoms with Gasteiger partial charge in [-0.15, -0.1) is 0 Å². The molecule has 0 radical (unpaired) electrons. The van der Waals surface area contributed by atoms with Gasteiger partial charge >= 0.3 is 0 Å². The highest BCUT2D eigenvalue weighted by atomic mass is 32.2. The minimum Gasteiger partial charge on any atom is -0.355 e. The van der Waals surface area contributed by atoms with E-state index in [1.165, 1.54) is 0 Å². The van der Waals surface area contributed by atoms with E-state index in [1.807, 2.05) is 30.3 Å². The molecule has 0 saturated carbocycles. The van der Waals surface area contributed by atoms with E-state index in [2.05, 4.69) is 5.32 Å². The second-order valence-corrected chi connectivity index (χ2v) is 5.91. The third kappa shape index (κ3) is 3.40. The Bertz CT molecular complexity index is 405. The maximum Gasteiger partial charge on any atom is 0.235 e. The highest BCUT2D eigenvalue weighted by Gasteiger charge is 2.26. The van der Waals surface area contributed by atoms with Crippen molar-refractivity contribution in [2.24, 2.45) is 0 Å². The van der Waals surface area contributed by atoms with Crippen LogP contribution >= 0.6 is 0 Å². The molecule has 2 unspecified atom stereocenters. The predicted molar refractivity (Wildman–Crippen MR) is 68.9 cm³/mol. The summed E-state index contributed by atoms with van der Waals surface area (Å²) in [5, 5.41) is 2.49. The van der Waals surface area contributed by atoms with E-state index in [-0.39, 0.29) is 11.2 Å². The molecule has 92 valence electrons. The normalized spacial score (nSPS) is 22.6. The number of hydrogen-bond acceptors (Lipinski definition) is 2. The van der Waals surface area contributed by atoms with E-state index in [4.69, 9.17) is 0 Å². The summed E-state index contributed by atoms with van der Waals surface area (Å²) in [5.74, 6) is 0.426. The van der Waals surface area contributed by atoms with Crippen LogP contribution in [0.15, 0.2) is 30.3 Å². The first-order valence-electron chi connectivity index (χ1n) is 5.96. The van der Waals surface area contributed by atoms with Crippen LogP contribution in [0.3, 0.4) is 0 Å². The van der Waals surface area contributed by atoms with Gasteiger partial charge in [0.1, 0.15) is 5.25 Å². The van der Waals surface area contributed by atoms with Crippen molar-refractivity contribution in [2.45, 2.75) is 30.3 Å². The van der Waals surface area contributed by atoms with Crippen molar-refractivity contribution < 1.29 is 9.00 Å². The van der Waals surface area contributed by atoms with Gasteiger partial charge in [-0.1, -0.05) is 30.3 Å². The van der Waals surface area contributed by atoms with Crippen LogP contribution in [0.25, 0.3) is 0 Å².